The van der Waals surface area contributed by atoms with E-state index in [0.717, 1.165) is 41.9 Å². The number of nitrogens with one attached hydrogen (secondary N) is 1. The van der Waals surface area contributed by atoms with Crippen molar-refractivity contribution in [1.29, 1.82) is 0 Å². The lowest BCUT2D eigenvalue weighted by atomic mass is 9.85. The van der Waals surface area contributed by atoms with Gasteiger partial charge < -0.3 is 5.32 Å². The molecule has 1 amide bonds. The molecule has 0 radical (unpaired) electrons. The van der Waals surface area contributed by atoms with Crippen LogP contribution < -0.4 is 10.2 Å². The summed E-state index contributed by atoms with van der Waals surface area (Å²) < 4.78 is 14.8. The molecule has 3 heterocycles. The van der Waals surface area contributed by atoms with Crippen LogP contribution in [0.15, 0.2) is 36.5 Å². The zero-order valence-corrected chi connectivity index (χ0v) is 15.3. The Morgan fingerprint density at radius 3 is 2.85 bits per heavy atom. The van der Waals surface area contributed by atoms with Gasteiger partial charge in [-0.3, -0.25) is 9.69 Å². The number of carbonyl (C=O) groups excluding carboxylic acids is 1. The van der Waals surface area contributed by atoms with Crippen LogP contribution in [0.1, 0.15) is 31.2 Å². The fourth-order valence-electron chi connectivity index (χ4n) is 4.39. The first-order chi connectivity index (χ1) is 13.1. The number of fused-ring (bicyclic) bond motifs is 3. The average Bonchev–Trinajstić information content (AvgIpc) is 3.28. The van der Waals surface area contributed by atoms with Gasteiger partial charge in [-0.05, 0) is 43.9 Å². The lowest BCUT2D eigenvalue weighted by Crippen LogP contribution is -2.52. The summed E-state index contributed by atoms with van der Waals surface area (Å²) in [6.45, 7) is 0. The minimum atomic E-state index is -0.490. The van der Waals surface area contributed by atoms with E-state index in [1.807, 2.05) is 23.1 Å². The normalized spacial score (nSPS) is 24.9. The highest BCUT2D eigenvalue weighted by Crippen LogP contribution is 2.58. The first-order valence-electron chi connectivity index (χ1n) is 9.26. The number of anilines is 2. The second kappa shape index (κ2) is 5.25. The van der Waals surface area contributed by atoms with Crippen LogP contribution in [0.5, 0.6) is 0 Å². The summed E-state index contributed by atoms with van der Waals surface area (Å²) in [7, 11) is 0. The van der Waals surface area contributed by atoms with Crippen LogP contribution in [0.4, 0.5) is 15.3 Å². The topological polar surface area (TPSA) is 58.1 Å². The van der Waals surface area contributed by atoms with Crippen LogP contribution in [0, 0.1) is 5.82 Å². The molecule has 2 aliphatic carbocycles. The summed E-state index contributed by atoms with van der Waals surface area (Å²) in [6.07, 6.45) is 4.55. The number of aromatic nitrogens is 2. The van der Waals surface area contributed by atoms with E-state index in [4.69, 9.17) is 0 Å². The number of halogens is 1. The van der Waals surface area contributed by atoms with Crippen molar-refractivity contribution in [3.63, 3.8) is 0 Å². The molecule has 3 aromatic rings. The third-order valence-electron chi connectivity index (χ3n) is 6.06. The number of pyridine rings is 1. The molecule has 2 fully saturated rings. The lowest BCUT2D eigenvalue weighted by Gasteiger charge is -2.41. The molecule has 0 saturated heterocycles. The number of benzene rings is 1. The summed E-state index contributed by atoms with van der Waals surface area (Å²) in [6, 6.07) is 10.0. The summed E-state index contributed by atoms with van der Waals surface area (Å²) in [4.78, 5) is 23.7. The number of para-hydroxylation sites is 1. The Balaban J connectivity index is 1.21. The molecule has 5 nitrogen and oxygen atoms in total. The second-order valence-electron chi connectivity index (χ2n) is 7.74. The Labute approximate surface area is 159 Å². The highest BCUT2D eigenvalue weighted by molar-refractivity contribution is 7.22. The Bertz CT molecular complexity index is 1050. The summed E-state index contributed by atoms with van der Waals surface area (Å²) >= 11 is 1.65. The van der Waals surface area contributed by atoms with Crippen LogP contribution in [0.3, 0.4) is 0 Å². The quantitative estimate of drug-likeness (QED) is 0.750. The van der Waals surface area contributed by atoms with Gasteiger partial charge in [-0.25, -0.2) is 14.4 Å². The largest absolute Gasteiger partial charge is 0.359 e. The number of amides is 1. The fraction of sp³-hybridized carbons (Fsp3) is 0.350. The van der Waals surface area contributed by atoms with Crippen LogP contribution in [0.25, 0.3) is 10.2 Å². The van der Waals surface area contributed by atoms with Crippen molar-refractivity contribution in [3.05, 3.63) is 47.9 Å². The number of thiazole rings is 1. The van der Waals surface area contributed by atoms with Gasteiger partial charge in [0.05, 0.1) is 21.8 Å². The summed E-state index contributed by atoms with van der Waals surface area (Å²) in [5.41, 5.74) is 1.30. The van der Waals surface area contributed by atoms with Gasteiger partial charge in [0.25, 0.3) is 0 Å². The van der Waals surface area contributed by atoms with E-state index in [1.54, 1.807) is 11.3 Å². The predicted octanol–water partition coefficient (Wildman–Crippen LogP) is 3.85. The zero-order chi connectivity index (χ0) is 18.2. The Morgan fingerprint density at radius 2 is 2.07 bits per heavy atom. The van der Waals surface area contributed by atoms with Gasteiger partial charge in [-0.15, -0.1) is 0 Å². The highest BCUT2D eigenvalue weighted by Gasteiger charge is 2.62. The minimum Gasteiger partial charge on any atom is -0.359 e. The number of nitrogens with zero attached hydrogens (tertiary/aromatic N) is 3. The van der Waals surface area contributed by atoms with Crippen molar-refractivity contribution in [2.24, 2.45) is 0 Å². The molecule has 1 spiro atoms. The molecule has 1 N–H and O–H groups in total. The molecule has 0 bridgehead atoms. The third kappa shape index (κ3) is 2.18. The molecule has 1 aliphatic heterocycles. The number of hydrogen-bond donors (Lipinski definition) is 1. The summed E-state index contributed by atoms with van der Waals surface area (Å²) in [5.74, 6) is 0.417. The molecule has 2 saturated carbocycles. The maximum atomic E-state index is 13.7. The molecule has 0 atom stereocenters. The molecular formula is C20H17FN4OS. The number of carbonyl (C=O) groups is 1. The first-order valence-corrected chi connectivity index (χ1v) is 10.1. The van der Waals surface area contributed by atoms with E-state index >= 15 is 0 Å². The van der Waals surface area contributed by atoms with Crippen molar-refractivity contribution < 1.29 is 9.18 Å². The van der Waals surface area contributed by atoms with Gasteiger partial charge in [0.15, 0.2) is 5.13 Å². The van der Waals surface area contributed by atoms with Crippen LogP contribution in [-0.2, 0) is 10.2 Å². The lowest BCUT2D eigenvalue weighted by molar-refractivity contribution is -0.121. The van der Waals surface area contributed by atoms with E-state index in [1.165, 1.54) is 17.0 Å². The fourth-order valence-corrected chi connectivity index (χ4v) is 5.33. The van der Waals surface area contributed by atoms with E-state index in [0.29, 0.717) is 11.9 Å². The second-order valence-corrected chi connectivity index (χ2v) is 8.77. The Kier molecular flexibility index (Phi) is 3.02. The zero-order valence-electron chi connectivity index (χ0n) is 14.5. The number of hydrogen-bond acceptors (Lipinski definition) is 5. The van der Waals surface area contributed by atoms with Crippen molar-refractivity contribution in [2.75, 3.05) is 10.2 Å². The SMILES string of the molecule is O=C1N(C2CC(Nc3nc4ccccc4s3)C2)c2ncc(F)cc2C12CC2. The molecular weight excluding hydrogens is 363 g/mol. The van der Waals surface area contributed by atoms with E-state index < -0.39 is 5.41 Å². The van der Waals surface area contributed by atoms with Crippen molar-refractivity contribution in [3.8, 4) is 0 Å². The molecule has 6 rings (SSSR count). The molecule has 0 unspecified atom stereocenters. The van der Waals surface area contributed by atoms with Gasteiger partial charge in [0.2, 0.25) is 5.91 Å². The summed E-state index contributed by atoms with van der Waals surface area (Å²) in [5, 5.41) is 4.42. The monoisotopic (exact) mass is 380 g/mol. The molecule has 3 aliphatic rings. The van der Waals surface area contributed by atoms with E-state index in [9.17, 15) is 9.18 Å². The van der Waals surface area contributed by atoms with Gasteiger partial charge in [0, 0.05) is 17.6 Å². The number of rotatable bonds is 3. The van der Waals surface area contributed by atoms with Gasteiger partial charge in [0.1, 0.15) is 11.6 Å². The smallest absolute Gasteiger partial charge is 0.239 e. The van der Waals surface area contributed by atoms with Crippen LogP contribution in [-0.4, -0.2) is 28.0 Å². The molecule has 27 heavy (non-hydrogen) atoms. The molecule has 136 valence electrons. The maximum absolute atomic E-state index is 13.7. The van der Waals surface area contributed by atoms with Gasteiger partial charge in [-0.1, -0.05) is 23.5 Å². The Morgan fingerprint density at radius 1 is 1.26 bits per heavy atom. The van der Waals surface area contributed by atoms with Gasteiger partial charge in [-0.2, -0.15) is 0 Å². The molecule has 2 aromatic heterocycles. The highest BCUT2D eigenvalue weighted by atomic mass is 32.1. The third-order valence-corrected chi connectivity index (χ3v) is 7.02. The maximum Gasteiger partial charge on any atom is 0.239 e. The van der Waals surface area contributed by atoms with Gasteiger partial charge >= 0.3 is 0 Å². The first kappa shape index (κ1) is 15.5. The predicted molar refractivity (Wildman–Crippen MR) is 103 cm³/mol. The van der Waals surface area contributed by atoms with Crippen LogP contribution in [0.2, 0.25) is 0 Å². The standard InChI is InChI=1S/C20H17FN4OS/c21-11-7-14-17(22-10-11)25(18(26)20(14)5-6-20)13-8-12(9-13)23-19-24-15-3-1-2-4-16(15)27-19/h1-4,7,10,12-13H,5-6,8-9H2,(H,23,24). The van der Waals surface area contributed by atoms with E-state index in [-0.39, 0.29) is 17.8 Å². The molecule has 1 aromatic carbocycles. The van der Waals surface area contributed by atoms with Crippen molar-refractivity contribution >= 4 is 38.4 Å². The van der Waals surface area contributed by atoms with Crippen molar-refractivity contribution in [1.82, 2.24) is 9.97 Å². The average molecular weight is 380 g/mol. The molecule has 7 heteroatoms. The Hall–Kier alpha value is -2.54. The van der Waals surface area contributed by atoms with Crippen LogP contribution >= 0.6 is 11.3 Å². The van der Waals surface area contributed by atoms with Crippen molar-refractivity contribution in [2.45, 2.75) is 43.2 Å². The van der Waals surface area contributed by atoms with E-state index in [2.05, 4.69) is 21.4 Å². The minimum absolute atomic E-state index is 0.110.